The van der Waals surface area contributed by atoms with Gasteiger partial charge in [0, 0.05) is 45.7 Å². The van der Waals surface area contributed by atoms with E-state index in [0.29, 0.717) is 28.4 Å². The van der Waals surface area contributed by atoms with Crippen LogP contribution in [0.3, 0.4) is 0 Å². The molecule has 0 saturated carbocycles. The van der Waals surface area contributed by atoms with Crippen molar-refractivity contribution in [3.63, 3.8) is 0 Å². The summed E-state index contributed by atoms with van der Waals surface area (Å²) in [5.41, 5.74) is 1.96. The molecule has 6 heteroatoms. The zero-order chi connectivity index (χ0) is 23.1. The van der Waals surface area contributed by atoms with E-state index in [1.807, 2.05) is 32.0 Å². The first-order valence-corrected chi connectivity index (χ1v) is 10.1. The SMILES string of the molecule is [C-]#[N+]C(C)(COc1cc(C#N)ccc1Oc1ccc(C)cc1C)CC(=O)c1cc[c-]cc1.[CH3-].[Y]. The molecular weight excluding hydrogens is 501 g/mol. The summed E-state index contributed by atoms with van der Waals surface area (Å²) in [7, 11) is 0. The molecule has 5 nitrogen and oxygen atoms in total. The van der Waals surface area contributed by atoms with Gasteiger partial charge in [0.15, 0.2) is 18.1 Å². The third-order valence-corrected chi connectivity index (χ3v) is 5.01. The number of nitriles is 1. The summed E-state index contributed by atoms with van der Waals surface area (Å²) in [5, 5.41) is 9.29. The third kappa shape index (κ3) is 7.52. The van der Waals surface area contributed by atoms with E-state index in [9.17, 15) is 10.1 Å². The number of ketones is 1. The quantitative estimate of drug-likeness (QED) is 0.246. The second kappa shape index (κ2) is 13.0. The number of hydrogen-bond acceptors (Lipinski definition) is 4. The fourth-order valence-corrected chi connectivity index (χ4v) is 3.18. The summed E-state index contributed by atoms with van der Waals surface area (Å²) >= 11 is 0. The van der Waals surface area contributed by atoms with Crippen LogP contribution in [0.25, 0.3) is 4.85 Å². The molecule has 0 aliphatic rings. The topological polar surface area (TPSA) is 63.7 Å². The van der Waals surface area contributed by atoms with Crippen LogP contribution in [-0.4, -0.2) is 17.9 Å². The van der Waals surface area contributed by atoms with E-state index in [0.717, 1.165) is 11.1 Å². The molecule has 1 unspecified atom stereocenters. The van der Waals surface area contributed by atoms with Crippen molar-refractivity contribution in [2.24, 2.45) is 0 Å². The fourth-order valence-electron chi connectivity index (χ4n) is 3.18. The maximum absolute atomic E-state index is 12.6. The minimum Gasteiger partial charge on any atom is -0.481 e. The Balaban J connectivity index is 0.00000289. The molecule has 0 fully saturated rings. The smallest absolute Gasteiger partial charge is 0.270 e. The summed E-state index contributed by atoms with van der Waals surface area (Å²) in [6, 6.07) is 22.4. The summed E-state index contributed by atoms with van der Waals surface area (Å²) in [6.45, 7) is 13.3. The van der Waals surface area contributed by atoms with Crippen LogP contribution in [0.1, 0.15) is 40.4 Å². The summed E-state index contributed by atoms with van der Waals surface area (Å²) in [4.78, 5) is 16.3. The van der Waals surface area contributed by atoms with Crippen molar-refractivity contribution in [2.75, 3.05) is 6.61 Å². The Morgan fingerprint density at radius 1 is 1.09 bits per heavy atom. The summed E-state index contributed by atoms with van der Waals surface area (Å²) < 4.78 is 12.0. The van der Waals surface area contributed by atoms with Crippen LogP contribution in [0, 0.1) is 45.2 Å². The molecule has 171 valence electrons. The third-order valence-electron chi connectivity index (χ3n) is 5.01. The fraction of sp³-hybridized carbons (Fsp3) is 0.214. The molecule has 3 rings (SSSR count). The van der Waals surface area contributed by atoms with Crippen LogP contribution in [0.2, 0.25) is 0 Å². The van der Waals surface area contributed by atoms with Gasteiger partial charge in [-0.15, -0.1) is 0 Å². The Kier molecular flexibility index (Phi) is 11.1. The van der Waals surface area contributed by atoms with Crippen LogP contribution in [0.5, 0.6) is 17.2 Å². The number of carbonyl (C=O) groups is 1. The van der Waals surface area contributed by atoms with Gasteiger partial charge in [-0.05, 0) is 37.6 Å². The van der Waals surface area contributed by atoms with Crippen LogP contribution in [-0.2, 0) is 32.7 Å². The number of hydrogen-bond donors (Lipinski definition) is 0. The van der Waals surface area contributed by atoms with Crippen molar-refractivity contribution in [1.29, 1.82) is 5.26 Å². The van der Waals surface area contributed by atoms with Gasteiger partial charge in [-0.3, -0.25) is 4.79 Å². The zero-order valence-electron chi connectivity index (χ0n) is 19.9. The number of carbonyl (C=O) groups excluding carboxylic acids is 1. The molecule has 3 aromatic carbocycles. The molecule has 0 aliphatic heterocycles. The molecule has 0 spiro atoms. The number of aryl methyl sites for hydroxylation is 2. The number of ether oxygens (including phenoxy) is 2. The van der Waals surface area contributed by atoms with Gasteiger partial charge < -0.3 is 21.7 Å². The van der Waals surface area contributed by atoms with Gasteiger partial charge >= 0.3 is 0 Å². The predicted octanol–water partition coefficient (Wildman–Crippen LogP) is 6.55. The summed E-state index contributed by atoms with van der Waals surface area (Å²) in [5.74, 6) is 1.32. The predicted molar refractivity (Wildman–Crippen MR) is 128 cm³/mol. The molecule has 3 aromatic rings. The van der Waals surface area contributed by atoms with E-state index in [-0.39, 0.29) is 58.9 Å². The van der Waals surface area contributed by atoms with E-state index in [1.54, 1.807) is 49.4 Å². The van der Waals surface area contributed by atoms with Crippen molar-refractivity contribution in [2.45, 2.75) is 32.7 Å². The first-order chi connectivity index (χ1) is 15.3. The maximum Gasteiger partial charge on any atom is 0.270 e. The molecule has 0 heterocycles. The molecule has 1 atom stereocenters. The second-order valence-corrected chi connectivity index (χ2v) is 7.93. The van der Waals surface area contributed by atoms with Gasteiger partial charge in [-0.25, -0.2) is 6.57 Å². The van der Waals surface area contributed by atoms with E-state index in [4.69, 9.17) is 16.0 Å². The van der Waals surface area contributed by atoms with E-state index in [1.165, 1.54) is 0 Å². The van der Waals surface area contributed by atoms with Crippen molar-refractivity contribution >= 4 is 5.78 Å². The van der Waals surface area contributed by atoms with Crippen molar-refractivity contribution in [3.8, 4) is 23.3 Å². The Bertz CT molecular complexity index is 1210. The molecule has 0 aliphatic carbocycles. The normalized spacial score (nSPS) is 11.4. The molecule has 1 radical (unpaired) electrons. The second-order valence-electron chi connectivity index (χ2n) is 7.93. The van der Waals surface area contributed by atoms with Crippen molar-refractivity contribution < 1.29 is 47.0 Å². The molecule has 0 N–H and O–H groups in total. The van der Waals surface area contributed by atoms with Crippen molar-refractivity contribution in [3.05, 3.63) is 108 Å². The van der Waals surface area contributed by atoms with E-state index in [2.05, 4.69) is 17.0 Å². The number of rotatable bonds is 8. The Morgan fingerprint density at radius 3 is 2.38 bits per heavy atom. The van der Waals surface area contributed by atoms with E-state index >= 15 is 0 Å². The van der Waals surface area contributed by atoms with Gasteiger partial charge in [0.2, 0.25) is 0 Å². The van der Waals surface area contributed by atoms with Gasteiger partial charge in [0.1, 0.15) is 11.5 Å². The van der Waals surface area contributed by atoms with Crippen LogP contribution < -0.4 is 9.47 Å². The molecule has 0 bridgehead atoms. The molecular formula is C28H26N2O3Y-2. The molecule has 0 aromatic heterocycles. The first-order valence-electron chi connectivity index (χ1n) is 10.1. The molecule has 34 heavy (non-hydrogen) atoms. The minimum atomic E-state index is -1.07. The van der Waals surface area contributed by atoms with Crippen LogP contribution in [0.4, 0.5) is 0 Å². The maximum atomic E-state index is 12.6. The van der Waals surface area contributed by atoms with E-state index < -0.39 is 5.54 Å². The average molecular weight is 527 g/mol. The molecule has 0 saturated heterocycles. The number of Topliss-reactive ketones (excluding diaryl/α,β-unsaturated/α-hetero) is 1. The van der Waals surface area contributed by atoms with Gasteiger partial charge in [0.25, 0.3) is 5.54 Å². The Morgan fingerprint density at radius 2 is 1.76 bits per heavy atom. The average Bonchev–Trinajstić information content (AvgIpc) is 2.80. The first kappa shape index (κ1) is 29.0. The summed E-state index contributed by atoms with van der Waals surface area (Å²) in [6.07, 6.45) is 0.00567. The minimum absolute atomic E-state index is 0. The van der Waals surface area contributed by atoms with Gasteiger partial charge in [-0.1, -0.05) is 23.3 Å². The number of nitrogens with zero attached hydrogens (tertiary/aromatic N) is 2. The monoisotopic (exact) mass is 527 g/mol. The van der Waals surface area contributed by atoms with Crippen LogP contribution >= 0.6 is 0 Å². The zero-order valence-corrected chi connectivity index (χ0v) is 22.7. The largest absolute Gasteiger partial charge is 0.481 e. The van der Waals surface area contributed by atoms with Gasteiger partial charge in [0.05, 0.1) is 18.1 Å². The standard InChI is InChI=1S/C27H23N2O3.CH3.Y/c1-19-10-12-24(20(2)14-19)32-25-13-11-21(17-28)15-26(25)31-18-27(3,29-4)16-23(30)22-8-6-5-7-9-22;;/h6-15H,16,18H2,1-3H3;1H3;/q2*-1;. The Labute approximate surface area is 227 Å². The van der Waals surface area contributed by atoms with Crippen LogP contribution in [0.15, 0.2) is 60.7 Å². The Hall–Kier alpha value is -2.99. The van der Waals surface area contributed by atoms with Crippen molar-refractivity contribution in [1.82, 2.24) is 0 Å². The van der Waals surface area contributed by atoms with Gasteiger partial charge in [-0.2, -0.15) is 35.6 Å². The number of benzene rings is 3. The molecule has 0 amide bonds.